The number of hydrogen-bond donors (Lipinski definition) is 2. The Labute approximate surface area is 103 Å². The molecule has 0 aliphatic carbocycles. The maximum Gasteiger partial charge on any atom is 0.124 e. The molecule has 1 atom stereocenters. The van der Waals surface area contributed by atoms with Crippen molar-refractivity contribution in [1.29, 1.82) is 0 Å². The van der Waals surface area contributed by atoms with Gasteiger partial charge in [0.2, 0.25) is 0 Å². The van der Waals surface area contributed by atoms with E-state index < -0.39 is 6.10 Å². The third kappa shape index (κ3) is 4.09. The largest absolute Gasteiger partial charge is 0.496 e. The summed E-state index contributed by atoms with van der Waals surface area (Å²) in [7, 11) is 1.61. The van der Waals surface area contributed by atoms with Crippen molar-refractivity contribution in [3.05, 3.63) is 28.2 Å². The molecule has 0 aliphatic heterocycles. The fourth-order valence-corrected chi connectivity index (χ4v) is 1.64. The summed E-state index contributed by atoms with van der Waals surface area (Å²) >= 11 is 3.38. The van der Waals surface area contributed by atoms with Gasteiger partial charge in [0.25, 0.3) is 0 Å². The zero-order chi connectivity index (χ0) is 12.0. The molecule has 1 aromatic rings. The molecule has 0 aromatic heterocycles. The van der Waals surface area contributed by atoms with Crippen LogP contribution < -0.4 is 10.5 Å². The molecule has 0 saturated carbocycles. The van der Waals surface area contributed by atoms with Crippen molar-refractivity contribution in [1.82, 2.24) is 0 Å². The zero-order valence-corrected chi connectivity index (χ0v) is 10.7. The molecule has 0 radical (unpaired) electrons. The van der Waals surface area contributed by atoms with Gasteiger partial charge in [-0.05, 0) is 18.2 Å². The summed E-state index contributed by atoms with van der Waals surface area (Å²) in [5.74, 6) is 0.769. The zero-order valence-electron chi connectivity index (χ0n) is 9.15. The first-order valence-electron chi connectivity index (χ1n) is 4.95. The lowest BCUT2D eigenvalue weighted by Crippen LogP contribution is -2.25. The molecule has 0 unspecified atom stereocenters. The maximum atomic E-state index is 9.23. The maximum absolute atomic E-state index is 9.23. The molecule has 0 saturated heterocycles. The molecule has 1 rings (SSSR count). The molecule has 90 valence electrons. The van der Waals surface area contributed by atoms with E-state index in [-0.39, 0.29) is 13.2 Å². The monoisotopic (exact) mass is 289 g/mol. The average Bonchev–Trinajstić information content (AvgIpc) is 2.29. The van der Waals surface area contributed by atoms with Crippen LogP contribution in [-0.2, 0) is 11.3 Å². The summed E-state index contributed by atoms with van der Waals surface area (Å²) in [6.45, 7) is 0.821. The Morgan fingerprint density at radius 1 is 1.50 bits per heavy atom. The van der Waals surface area contributed by atoms with E-state index in [9.17, 15) is 5.11 Å². The summed E-state index contributed by atoms with van der Waals surface area (Å²) in [6, 6.07) is 5.69. The van der Waals surface area contributed by atoms with Crippen molar-refractivity contribution in [2.24, 2.45) is 5.73 Å². The van der Waals surface area contributed by atoms with E-state index in [2.05, 4.69) is 15.9 Å². The first kappa shape index (κ1) is 13.4. The van der Waals surface area contributed by atoms with Crippen molar-refractivity contribution >= 4 is 15.9 Å². The first-order valence-corrected chi connectivity index (χ1v) is 5.75. The molecular weight excluding hydrogens is 274 g/mol. The predicted molar refractivity (Wildman–Crippen MR) is 65.4 cm³/mol. The van der Waals surface area contributed by atoms with Crippen LogP contribution in [0.2, 0.25) is 0 Å². The minimum atomic E-state index is -0.613. The normalized spacial score (nSPS) is 12.5. The van der Waals surface area contributed by atoms with Gasteiger partial charge >= 0.3 is 0 Å². The highest BCUT2D eigenvalue weighted by Crippen LogP contribution is 2.23. The molecule has 0 bridgehead atoms. The minimum absolute atomic E-state index is 0.204. The van der Waals surface area contributed by atoms with Gasteiger partial charge < -0.3 is 20.3 Å². The van der Waals surface area contributed by atoms with Crippen LogP contribution in [0.15, 0.2) is 22.7 Å². The number of aliphatic hydroxyl groups is 1. The third-order valence-electron chi connectivity index (χ3n) is 2.08. The molecule has 5 heteroatoms. The van der Waals surface area contributed by atoms with Gasteiger partial charge in [0.1, 0.15) is 5.75 Å². The number of methoxy groups -OCH3 is 1. The number of benzene rings is 1. The van der Waals surface area contributed by atoms with E-state index in [4.69, 9.17) is 15.2 Å². The molecule has 4 nitrogen and oxygen atoms in total. The van der Waals surface area contributed by atoms with E-state index in [1.165, 1.54) is 0 Å². The number of rotatable bonds is 6. The van der Waals surface area contributed by atoms with Crippen molar-refractivity contribution in [3.8, 4) is 5.75 Å². The number of ether oxygens (including phenoxy) is 2. The quantitative estimate of drug-likeness (QED) is 0.828. The smallest absolute Gasteiger partial charge is 0.124 e. The highest BCUT2D eigenvalue weighted by molar-refractivity contribution is 9.10. The van der Waals surface area contributed by atoms with Crippen molar-refractivity contribution in [2.45, 2.75) is 12.7 Å². The second kappa shape index (κ2) is 6.85. The second-order valence-electron chi connectivity index (χ2n) is 3.36. The Bertz CT molecular complexity index is 333. The predicted octanol–water partition coefficient (Wildman–Crippen LogP) is 1.29. The molecule has 1 aromatic carbocycles. The van der Waals surface area contributed by atoms with Crippen molar-refractivity contribution in [3.63, 3.8) is 0 Å². The van der Waals surface area contributed by atoms with Crippen LogP contribution in [0.5, 0.6) is 5.75 Å². The lowest BCUT2D eigenvalue weighted by molar-refractivity contribution is 0.0322. The number of nitrogens with two attached hydrogens (primary N) is 1. The first-order chi connectivity index (χ1) is 7.67. The van der Waals surface area contributed by atoms with Gasteiger partial charge in [0.05, 0.1) is 26.4 Å². The van der Waals surface area contributed by atoms with Gasteiger partial charge in [-0.2, -0.15) is 0 Å². The number of hydrogen-bond acceptors (Lipinski definition) is 4. The van der Waals surface area contributed by atoms with Gasteiger partial charge in [0, 0.05) is 16.6 Å². The Hall–Kier alpha value is -0.620. The van der Waals surface area contributed by atoms with Crippen LogP contribution in [0.25, 0.3) is 0 Å². The van der Waals surface area contributed by atoms with Crippen LogP contribution >= 0.6 is 15.9 Å². The second-order valence-corrected chi connectivity index (χ2v) is 4.28. The molecule has 0 heterocycles. The van der Waals surface area contributed by atoms with Crippen LogP contribution in [0.3, 0.4) is 0 Å². The highest BCUT2D eigenvalue weighted by atomic mass is 79.9. The summed E-state index contributed by atoms with van der Waals surface area (Å²) in [4.78, 5) is 0. The van der Waals surface area contributed by atoms with Gasteiger partial charge in [-0.25, -0.2) is 0 Å². The van der Waals surface area contributed by atoms with Crippen LogP contribution in [-0.4, -0.2) is 31.5 Å². The summed E-state index contributed by atoms with van der Waals surface area (Å²) in [6.07, 6.45) is -0.613. The molecule has 0 fully saturated rings. The Morgan fingerprint density at radius 2 is 2.25 bits per heavy atom. The molecule has 0 spiro atoms. The summed E-state index contributed by atoms with van der Waals surface area (Å²) < 4.78 is 11.5. The van der Waals surface area contributed by atoms with Crippen molar-refractivity contribution < 1.29 is 14.6 Å². The minimum Gasteiger partial charge on any atom is -0.496 e. The van der Waals surface area contributed by atoms with E-state index >= 15 is 0 Å². The lowest BCUT2D eigenvalue weighted by Gasteiger charge is -2.11. The van der Waals surface area contributed by atoms with E-state index in [1.54, 1.807) is 7.11 Å². The fourth-order valence-electron chi connectivity index (χ4n) is 1.23. The topological polar surface area (TPSA) is 64.7 Å². The van der Waals surface area contributed by atoms with Gasteiger partial charge in [-0.3, -0.25) is 0 Å². The highest BCUT2D eigenvalue weighted by Gasteiger charge is 2.06. The SMILES string of the molecule is COc1ccc(Br)cc1COC[C@@H](O)CN. The molecular formula is C11H16BrNO3. The van der Waals surface area contributed by atoms with Gasteiger partial charge in [0.15, 0.2) is 0 Å². The van der Waals surface area contributed by atoms with Crippen molar-refractivity contribution in [2.75, 3.05) is 20.3 Å². The van der Waals surface area contributed by atoms with Crippen LogP contribution in [0.1, 0.15) is 5.56 Å². The number of aliphatic hydroxyl groups excluding tert-OH is 1. The Kier molecular flexibility index (Phi) is 5.76. The summed E-state index contributed by atoms with van der Waals surface area (Å²) in [5.41, 5.74) is 6.20. The van der Waals surface area contributed by atoms with E-state index in [0.29, 0.717) is 6.61 Å². The Balaban J connectivity index is 2.55. The van der Waals surface area contributed by atoms with Crippen LogP contribution in [0.4, 0.5) is 0 Å². The molecule has 0 amide bonds. The van der Waals surface area contributed by atoms with Gasteiger partial charge in [-0.15, -0.1) is 0 Å². The molecule has 3 N–H and O–H groups in total. The standard InChI is InChI=1S/C11H16BrNO3/c1-15-11-3-2-9(12)4-8(11)6-16-7-10(14)5-13/h2-4,10,14H,5-7,13H2,1H3/t10-/m0/s1. The van der Waals surface area contributed by atoms with E-state index in [1.807, 2.05) is 18.2 Å². The average molecular weight is 290 g/mol. The lowest BCUT2D eigenvalue weighted by atomic mass is 10.2. The van der Waals surface area contributed by atoms with Crippen LogP contribution in [0, 0.1) is 0 Å². The Morgan fingerprint density at radius 3 is 2.88 bits per heavy atom. The molecule has 0 aliphatic rings. The molecule has 16 heavy (non-hydrogen) atoms. The summed E-state index contributed by atoms with van der Waals surface area (Å²) in [5, 5.41) is 9.23. The van der Waals surface area contributed by atoms with E-state index in [0.717, 1.165) is 15.8 Å². The number of halogens is 1. The third-order valence-corrected chi connectivity index (χ3v) is 2.58. The fraction of sp³-hybridized carbons (Fsp3) is 0.455. The van der Waals surface area contributed by atoms with Gasteiger partial charge in [-0.1, -0.05) is 15.9 Å².